The van der Waals surface area contributed by atoms with Crippen LogP contribution in [0.4, 0.5) is 0 Å². The SMILES string of the molecule is CC[C@H]1[C@@H](O)C2C3CC[C@H]([C@H](C)CCO)[C@@]3(C)CCC2[C@@]2(C)CC[C@H](O)C[C@@H]12. The Hall–Kier alpha value is -0.120. The van der Waals surface area contributed by atoms with E-state index in [0.29, 0.717) is 58.9 Å². The van der Waals surface area contributed by atoms with Gasteiger partial charge in [-0.2, -0.15) is 0 Å². The molecule has 0 spiro atoms. The summed E-state index contributed by atoms with van der Waals surface area (Å²) in [5, 5.41) is 31.6. The zero-order valence-corrected chi connectivity index (χ0v) is 18.6. The van der Waals surface area contributed by atoms with Crippen LogP contribution in [0.25, 0.3) is 0 Å². The summed E-state index contributed by atoms with van der Waals surface area (Å²) in [6.45, 7) is 9.92. The fourth-order valence-corrected chi connectivity index (χ4v) is 9.34. The highest BCUT2D eigenvalue weighted by atomic mass is 16.3. The predicted molar refractivity (Wildman–Crippen MR) is 113 cm³/mol. The summed E-state index contributed by atoms with van der Waals surface area (Å²) in [6, 6.07) is 0. The van der Waals surface area contributed by atoms with Gasteiger partial charge in [0.15, 0.2) is 0 Å². The number of hydrogen-bond acceptors (Lipinski definition) is 3. The molecule has 11 atom stereocenters. The highest BCUT2D eigenvalue weighted by Gasteiger charge is 2.64. The van der Waals surface area contributed by atoms with Crippen LogP contribution < -0.4 is 0 Å². The molecule has 0 amide bonds. The Morgan fingerprint density at radius 3 is 2.29 bits per heavy atom. The van der Waals surface area contributed by atoms with Gasteiger partial charge in [-0.15, -0.1) is 0 Å². The molecule has 4 aliphatic rings. The monoisotopic (exact) mass is 392 g/mol. The average Bonchev–Trinajstić information content (AvgIpc) is 3.01. The molecule has 4 aliphatic carbocycles. The van der Waals surface area contributed by atoms with Crippen molar-refractivity contribution in [3.8, 4) is 0 Å². The second-order valence-corrected chi connectivity index (χ2v) is 11.6. The lowest BCUT2D eigenvalue weighted by Crippen LogP contribution is -2.62. The van der Waals surface area contributed by atoms with E-state index in [9.17, 15) is 15.3 Å². The molecule has 4 saturated carbocycles. The molecule has 3 heteroatoms. The van der Waals surface area contributed by atoms with Crippen molar-refractivity contribution >= 4 is 0 Å². The Labute approximate surface area is 172 Å². The standard InChI is InChI=1S/C25H44O3/c1-5-17-21-14-16(27)8-11-25(21,4)20-9-12-24(3)18(15(2)10-13-26)6-7-19(24)22(20)23(17)28/h15-23,26-28H,5-14H2,1-4H3/t15-,16+,17-,18-,19?,20?,21+,22?,23-,24-,25-/m1/s1. The van der Waals surface area contributed by atoms with Crippen LogP contribution in [-0.4, -0.2) is 34.1 Å². The van der Waals surface area contributed by atoms with Crippen molar-refractivity contribution in [3.05, 3.63) is 0 Å². The largest absolute Gasteiger partial charge is 0.396 e. The van der Waals surface area contributed by atoms with Gasteiger partial charge in [0, 0.05) is 6.61 Å². The van der Waals surface area contributed by atoms with Crippen molar-refractivity contribution in [2.45, 2.75) is 97.7 Å². The first-order valence-electron chi connectivity index (χ1n) is 12.2. The topological polar surface area (TPSA) is 60.7 Å². The first kappa shape index (κ1) is 21.1. The van der Waals surface area contributed by atoms with Gasteiger partial charge < -0.3 is 15.3 Å². The van der Waals surface area contributed by atoms with E-state index in [-0.39, 0.29) is 12.2 Å². The van der Waals surface area contributed by atoms with Crippen LogP contribution >= 0.6 is 0 Å². The molecule has 3 unspecified atom stereocenters. The molecular formula is C25H44O3. The molecular weight excluding hydrogens is 348 g/mol. The van der Waals surface area contributed by atoms with Crippen molar-refractivity contribution in [2.75, 3.05) is 6.61 Å². The first-order chi connectivity index (χ1) is 13.3. The second-order valence-electron chi connectivity index (χ2n) is 11.6. The quantitative estimate of drug-likeness (QED) is 0.653. The summed E-state index contributed by atoms with van der Waals surface area (Å²) in [5.41, 5.74) is 0.617. The number of hydrogen-bond donors (Lipinski definition) is 3. The Bertz CT molecular complexity index is 564. The molecule has 0 radical (unpaired) electrons. The summed E-state index contributed by atoms with van der Waals surface area (Å²) in [5.74, 6) is 3.78. The van der Waals surface area contributed by atoms with E-state index in [4.69, 9.17) is 0 Å². The fraction of sp³-hybridized carbons (Fsp3) is 1.00. The Balaban J connectivity index is 1.67. The van der Waals surface area contributed by atoms with Gasteiger partial charge in [0.1, 0.15) is 0 Å². The molecule has 0 aromatic heterocycles. The van der Waals surface area contributed by atoms with Gasteiger partial charge >= 0.3 is 0 Å². The molecule has 0 bridgehead atoms. The maximum Gasteiger partial charge on any atom is 0.0605 e. The van der Waals surface area contributed by atoms with Gasteiger partial charge in [0.25, 0.3) is 0 Å². The van der Waals surface area contributed by atoms with Gasteiger partial charge in [-0.3, -0.25) is 0 Å². The van der Waals surface area contributed by atoms with Gasteiger partial charge in [0.05, 0.1) is 12.2 Å². The van der Waals surface area contributed by atoms with Crippen molar-refractivity contribution in [3.63, 3.8) is 0 Å². The Morgan fingerprint density at radius 2 is 1.61 bits per heavy atom. The predicted octanol–water partition coefficient (Wildman–Crippen LogP) is 4.63. The number of aliphatic hydroxyl groups excluding tert-OH is 3. The summed E-state index contributed by atoms with van der Waals surface area (Å²) >= 11 is 0. The smallest absolute Gasteiger partial charge is 0.0605 e. The molecule has 0 aliphatic heterocycles. The van der Waals surface area contributed by atoms with Crippen molar-refractivity contribution in [1.29, 1.82) is 0 Å². The minimum Gasteiger partial charge on any atom is -0.396 e. The van der Waals surface area contributed by atoms with E-state index in [0.717, 1.165) is 32.1 Å². The molecule has 0 aromatic carbocycles. The lowest BCUT2D eigenvalue weighted by atomic mass is 9.41. The van der Waals surface area contributed by atoms with E-state index in [1.165, 1.54) is 25.7 Å². The summed E-state index contributed by atoms with van der Waals surface area (Å²) in [6.07, 6.45) is 9.62. The van der Waals surface area contributed by atoms with Gasteiger partial charge in [-0.1, -0.05) is 34.1 Å². The van der Waals surface area contributed by atoms with Crippen LogP contribution in [0.15, 0.2) is 0 Å². The highest BCUT2D eigenvalue weighted by Crippen LogP contribution is 2.69. The minimum atomic E-state index is -0.199. The van der Waals surface area contributed by atoms with Crippen LogP contribution in [0, 0.1) is 52.3 Å². The summed E-state index contributed by atoms with van der Waals surface area (Å²) in [7, 11) is 0. The minimum absolute atomic E-state index is 0.167. The van der Waals surface area contributed by atoms with Crippen LogP contribution in [0.2, 0.25) is 0 Å². The van der Waals surface area contributed by atoms with Gasteiger partial charge in [0.2, 0.25) is 0 Å². The zero-order valence-electron chi connectivity index (χ0n) is 18.6. The summed E-state index contributed by atoms with van der Waals surface area (Å²) < 4.78 is 0. The summed E-state index contributed by atoms with van der Waals surface area (Å²) in [4.78, 5) is 0. The third kappa shape index (κ3) is 2.94. The Morgan fingerprint density at radius 1 is 0.929 bits per heavy atom. The van der Waals surface area contributed by atoms with E-state index >= 15 is 0 Å². The average molecular weight is 393 g/mol. The first-order valence-corrected chi connectivity index (χ1v) is 12.2. The molecule has 3 nitrogen and oxygen atoms in total. The molecule has 28 heavy (non-hydrogen) atoms. The Kier molecular flexibility index (Phi) is 5.69. The number of aliphatic hydroxyl groups is 3. The molecule has 4 fully saturated rings. The number of fused-ring (bicyclic) bond motifs is 5. The van der Waals surface area contributed by atoms with Crippen molar-refractivity contribution < 1.29 is 15.3 Å². The number of rotatable bonds is 4. The van der Waals surface area contributed by atoms with Crippen LogP contribution in [0.3, 0.4) is 0 Å². The molecule has 0 saturated heterocycles. The van der Waals surface area contributed by atoms with Crippen LogP contribution in [-0.2, 0) is 0 Å². The fourth-order valence-electron chi connectivity index (χ4n) is 9.34. The van der Waals surface area contributed by atoms with Crippen LogP contribution in [0.1, 0.15) is 85.5 Å². The van der Waals surface area contributed by atoms with Crippen molar-refractivity contribution in [1.82, 2.24) is 0 Å². The third-order valence-electron chi connectivity index (χ3n) is 10.7. The highest BCUT2D eigenvalue weighted by molar-refractivity contribution is 5.13. The maximum atomic E-state index is 11.7. The lowest BCUT2D eigenvalue weighted by molar-refractivity contribution is -0.203. The molecule has 4 rings (SSSR count). The van der Waals surface area contributed by atoms with E-state index in [1.54, 1.807) is 0 Å². The van der Waals surface area contributed by atoms with E-state index in [2.05, 4.69) is 27.7 Å². The van der Waals surface area contributed by atoms with E-state index in [1.807, 2.05) is 0 Å². The molecule has 0 heterocycles. The lowest BCUT2D eigenvalue weighted by Gasteiger charge is -2.64. The second kappa shape index (κ2) is 7.54. The third-order valence-corrected chi connectivity index (χ3v) is 10.7. The normalized spacial score (nSPS) is 54.5. The van der Waals surface area contributed by atoms with E-state index < -0.39 is 0 Å². The van der Waals surface area contributed by atoms with Gasteiger partial charge in [-0.05, 0) is 104 Å². The molecule has 0 aromatic rings. The zero-order chi connectivity index (χ0) is 20.3. The molecule has 3 N–H and O–H groups in total. The van der Waals surface area contributed by atoms with Crippen molar-refractivity contribution in [2.24, 2.45) is 52.3 Å². The maximum absolute atomic E-state index is 11.7. The molecule has 162 valence electrons. The van der Waals surface area contributed by atoms with Gasteiger partial charge in [-0.25, -0.2) is 0 Å². The van der Waals surface area contributed by atoms with Crippen LogP contribution in [0.5, 0.6) is 0 Å².